The van der Waals surface area contributed by atoms with Gasteiger partial charge >= 0.3 is 0 Å². The molecule has 0 atom stereocenters. The first-order chi connectivity index (χ1) is 14.6. The number of nitrogens with zero attached hydrogens (tertiary/aromatic N) is 1. The van der Waals surface area contributed by atoms with Gasteiger partial charge in [-0.05, 0) is 68.0 Å². The van der Waals surface area contributed by atoms with Crippen LogP contribution in [0.15, 0.2) is 72.8 Å². The van der Waals surface area contributed by atoms with Gasteiger partial charge in [-0.15, -0.1) is 11.3 Å². The minimum atomic E-state index is -0.190. The molecule has 0 bridgehead atoms. The highest BCUT2D eigenvalue weighted by molar-refractivity contribution is 7.21. The molecule has 150 valence electrons. The highest BCUT2D eigenvalue weighted by Crippen LogP contribution is 2.31. The first-order valence-electron chi connectivity index (χ1n) is 9.81. The summed E-state index contributed by atoms with van der Waals surface area (Å²) >= 11 is 1.67. The highest BCUT2D eigenvalue weighted by Gasteiger charge is 2.07. The molecule has 0 radical (unpaired) electrons. The van der Waals surface area contributed by atoms with E-state index in [0.29, 0.717) is 6.61 Å². The molecule has 0 aliphatic heterocycles. The maximum Gasteiger partial charge on any atom is 0.248 e. The van der Waals surface area contributed by atoms with Crippen LogP contribution in [-0.4, -0.2) is 17.5 Å². The van der Waals surface area contributed by atoms with Crippen LogP contribution in [0.1, 0.15) is 18.1 Å². The Balaban J connectivity index is 1.44. The molecule has 4 rings (SSSR count). The normalized spacial score (nSPS) is 11.1. The Kier molecular flexibility index (Phi) is 5.91. The van der Waals surface area contributed by atoms with Gasteiger partial charge in [-0.25, -0.2) is 4.98 Å². The van der Waals surface area contributed by atoms with E-state index >= 15 is 0 Å². The predicted octanol–water partition coefficient (Wildman–Crippen LogP) is 6.32. The van der Waals surface area contributed by atoms with Crippen LogP contribution in [0.4, 0.5) is 5.69 Å². The van der Waals surface area contributed by atoms with Crippen molar-refractivity contribution in [2.24, 2.45) is 0 Å². The van der Waals surface area contributed by atoms with Gasteiger partial charge in [0.2, 0.25) is 5.91 Å². The first-order valence-corrected chi connectivity index (χ1v) is 10.6. The lowest BCUT2D eigenvalue weighted by molar-refractivity contribution is -0.111. The van der Waals surface area contributed by atoms with Gasteiger partial charge in [0.1, 0.15) is 10.8 Å². The zero-order valence-electron chi connectivity index (χ0n) is 16.9. The zero-order chi connectivity index (χ0) is 20.9. The van der Waals surface area contributed by atoms with Crippen LogP contribution in [-0.2, 0) is 4.79 Å². The second kappa shape index (κ2) is 8.93. The molecule has 4 aromatic rings. The Morgan fingerprint density at radius 1 is 1.10 bits per heavy atom. The van der Waals surface area contributed by atoms with Crippen molar-refractivity contribution in [2.75, 3.05) is 11.9 Å². The van der Waals surface area contributed by atoms with E-state index in [1.165, 1.54) is 16.3 Å². The van der Waals surface area contributed by atoms with Gasteiger partial charge in [0, 0.05) is 22.9 Å². The quantitative estimate of drug-likeness (QED) is 0.376. The molecule has 0 aliphatic rings. The number of hydrogen-bond acceptors (Lipinski definition) is 4. The summed E-state index contributed by atoms with van der Waals surface area (Å²) in [6, 6.07) is 21.7. The molecule has 0 saturated heterocycles. The number of carbonyl (C=O) groups is 1. The average molecular weight is 415 g/mol. The standard InChI is InChI=1S/C25H22N2O2S/c1-3-29-22-7-5-4-6-18(22)11-15-24(28)26-20-12-9-19(10-13-20)25-27-21-14-8-17(2)16-23(21)30-25/h4-16H,3H2,1-2H3,(H,26,28). The number of hydrogen-bond donors (Lipinski definition) is 1. The van der Waals surface area contributed by atoms with Crippen molar-refractivity contribution in [2.45, 2.75) is 13.8 Å². The molecule has 30 heavy (non-hydrogen) atoms. The summed E-state index contributed by atoms with van der Waals surface area (Å²) in [5.41, 5.74) is 4.88. The molecule has 0 saturated carbocycles. The molecule has 3 aromatic carbocycles. The van der Waals surface area contributed by atoms with Crippen molar-refractivity contribution in [1.29, 1.82) is 0 Å². The maximum absolute atomic E-state index is 12.3. The summed E-state index contributed by atoms with van der Waals surface area (Å²) in [6.07, 6.45) is 3.28. The average Bonchev–Trinajstić information content (AvgIpc) is 3.17. The van der Waals surface area contributed by atoms with Crippen LogP contribution >= 0.6 is 11.3 Å². The number of thiazole rings is 1. The largest absolute Gasteiger partial charge is 0.493 e. The fourth-order valence-corrected chi connectivity index (χ4v) is 4.18. The molecule has 5 heteroatoms. The fraction of sp³-hybridized carbons (Fsp3) is 0.120. The fourth-order valence-electron chi connectivity index (χ4n) is 3.11. The number of benzene rings is 3. The molecule has 1 amide bonds. The lowest BCUT2D eigenvalue weighted by Gasteiger charge is -2.06. The Labute approximate surface area is 179 Å². The Hall–Kier alpha value is -3.44. The molecule has 4 nitrogen and oxygen atoms in total. The van der Waals surface area contributed by atoms with E-state index in [4.69, 9.17) is 9.72 Å². The molecular weight excluding hydrogens is 392 g/mol. The minimum Gasteiger partial charge on any atom is -0.493 e. The number of ether oxygens (including phenoxy) is 1. The molecular formula is C25H22N2O2S. The van der Waals surface area contributed by atoms with Crippen LogP contribution < -0.4 is 10.1 Å². The van der Waals surface area contributed by atoms with Crippen LogP contribution in [0, 0.1) is 6.92 Å². The topological polar surface area (TPSA) is 51.2 Å². The van der Waals surface area contributed by atoms with E-state index in [2.05, 4.69) is 30.4 Å². The molecule has 0 fully saturated rings. The molecule has 0 unspecified atom stereocenters. The van der Waals surface area contributed by atoms with Crippen molar-refractivity contribution in [1.82, 2.24) is 4.98 Å². The van der Waals surface area contributed by atoms with Crippen molar-refractivity contribution < 1.29 is 9.53 Å². The second-order valence-electron chi connectivity index (χ2n) is 6.86. The van der Waals surface area contributed by atoms with Gasteiger partial charge in [-0.1, -0.05) is 24.3 Å². The lowest BCUT2D eigenvalue weighted by atomic mass is 10.2. The smallest absolute Gasteiger partial charge is 0.248 e. The zero-order valence-corrected chi connectivity index (χ0v) is 17.7. The van der Waals surface area contributed by atoms with Gasteiger partial charge in [0.25, 0.3) is 0 Å². The third-order valence-electron chi connectivity index (χ3n) is 4.58. The van der Waals surface area contributed by atoms with E-state index in [-0.39, 0.29) is 5.91 Å². The van der Waals surface area contributed by atoms with E-state index in [0.717, 1.165) is 33.1 Å². The number of anilines is 1. The lowest BCUT2D eigenvalue weighted by Crippen LogP contribution is -2.07. The van der Waals surface area contributed by atoms with Crippen LogP contribution in [0.2, 0.25) is 0 Å². The number of amides is 1. The predicted molar refractivity (Wildman–Crippen MR) is 125 cm³/mol. The van der Waals surface area contributed by atoms with Gasteiger partial charge in [0.05, 0.1) is 16.8 Å². The van der Waals surface area contributed by atoms with Crippen molar-refractivity contribution in [3.8, 4) is 16.3 Å². The number of rotatable bonds is 6. The third kappa shape index (κ3) is 4.58. The minimum absolute atomic E-state index is 0.190. The SMILES string of the molecule is CCOc1ccccc1C=CC(=O)Nc1ccc(-c2nc3ccc(C)cc3s2)cc1. The summed E-state index contributed by atoms with van der Waals surface area (Å²) < 4.78 is 6.76. The summed E-state index contributed by atoms with van der Waals surface area (Å²) in [5, 5.41) is 3.87. The first kappa shape index (κ1) is 19.9. The van der Waals surface area contributed by atoms with E-state index < -0.39 is 0 Å². The number of nitrogens with one attached hydrogen (secondary N) is 1. The van der Waals surface area contributed by atoms with E-state index in [9.17, 15) is 4.79 Å². The van der Waals surface area contributed by atoms with Crippen LogP contribution in [0.5, 0.6) is 5.75 Å². The number of para-hydroxylation sites is 1. The molecule has 0 aliphatic carbocycles. The Morgan fingerprint density at radius 2 is 1.90 bits per heavy atom. The van der Waals surface area contributed by atoms with E-state index in [1.54, 1.807) is 17.4 Å². The van der Waals surface area contributed by atoms with Gasteiger partial charge < -0.3 is 10.1 Å². The number of fused-ring (bicyclic) bond motifs is 1. The molecule has 1 N–H and O–H groups in total. The number of carbonyl (C=O) groups excluding carboxylic acids is 1. The highest BCUT2D eigenvalue weighted by atomic mass is 32.1. The van der Waals surface area contributed by atoms with Gasteiger partial charge in [0.15, 0.2) is 0 Å². The Morgan fingerprint density at radius 3 is 2.70 bits per heavy atom. The van der Waals surface area contributed by atoms with Gasteiger partial charge in [-0.2, -0.15) is 0 Å². The molecule has 0 spiro atoms. The summed E-state index contributed by atoms with van der Waals surface area (Å²) in [7, 11) is 0. The van der Waals surface area contributed by atoms with E-state index in [1.807, 2.05) is 55.5 Å². The second-order valence-corrected chi connectivity index (χ2v) is 7.89. The van der Waals surface area contributed by atoms with Crippen LogP contribution in [0.25, 0.3) is 26.9 Å². The summed E-state index contributed by atoms with van der Waals surface area (Å²) in [6.45, 7) is 4.60. The summed E-state index contributed by atoms with van der Waals surface area (Å²) in [4.78, 5) is 17.0. The molecule has 1 aromatic heterocycles. The monoisotopic (exact) mass is 414 g/mol. The summed E-state index contributed by atoms with van der Waals surface area (Å²) in [5.74, 6) is 0.573. The Bertz CT molecular complexity index is 1210. The number of aromatic nitrogens is 1. The van der Waals surface area contributed by atoms with Crippen molar-refractivity contribution in [3.05, 3.63) is 83.9 Å². The van der Waals surface area contributed by atoms with Crippen molar-refractivity contribution in [3.63, 3.8) is 0 Å². The van der Waals surface area contributed by atoms with Gasteiger partial charge in [-0.3, -0.25) is 4.79 Å². The maximum atomic E-state index is 12.3. The molecule has 1 heterocycles. The van der Waals surface area contributed by atoms with Crippen LogP contribution in [0.3, 0.4) is 0 Å². The third-order valence-corrected chi connectivity index (χ3v) is 5.64. The number of aryl methyl sites for hydroxylation is 1. The van der Waals surface area contributed by atoms with Crippen molar-refractivity contribution >= 4 is 39.2 Å².